The van der Waals surface area contributed by atoms with Crippen LogP contribution in [0.5, 0.6) is 11.5 Å². The number of carbonyl (C=O) groups is 1. The number of pyridine rings is 1. The molecule has 0 radical (unpaired) electrons. The Hall–Kier alpha value is -2.95. The first-order valence-electron chi connectivity index (χ1n) is 11.0. The van der Waals surface area contributed by atoms with E-state index in [9.17, 15) is 18.0 Å². The number of likely N-dealkylation sites (tertiary alicyclic amines) is 1. The number of fused-ring (bicyclic) bond motifs is 3. The fourth-order valence-electron chi connectivity index (χ4n) is 4.34. The Labute approximate surface area is 189 Å². The molecule has 2 aliphatic heterocycles. The number of methoxy groups -OCH3 is 1. The van der Waals surface area contributed by atoms with Crippen molar-refractivity contribution in [3.8, 4) is 11.5 Å². The van der Waals surface area contributed by atoms with Crippen LogP contribution < -0.4 is 19.9 Å². The zero-order valence-electron chi connectivity index (χ0n) is 18.6. The number of aromatic nitrogens is 1. The summed E-state index contributed by atoms with van der Waals surface area (Å²) in [5.41, 5.74) is 1.52. The van der Waals surface area contributed by atoms with Gasteiger partial charge in [-0.25, -0.2) is 14.8 Å². The van der Waals surface area contributed by atoms with Crippen LogP contribution in [0.4, 0.5) is 24.7 Å². The molecule has 1 aromatic carbocycles. The Morgan fingerprint density at radius 1 is 1.18 bits per heavy atom. The molecule has 0 atom stereocenters. The maximum Gasteiger partial charge on any atom is 0.493 e. The normalized spacial score (nSPS) is 16.2. The molecule has 11 heteroatoms. The van der Waals surface area contributed by atoms with E-state index in [1.807, 2.05) is 0 Å². The topological polar surface area (TPSA) is 76.2 Å². The third-order valence-electron chi connectivity index (χ3n) is 5.89. The van der Waals surface area contributed by atoms with E-state index >= 15 is 0 Å². The summed E-state index contributed by atoms with van der Waals surface area (Å²) >= 11 is 0. The highest BCUT2D eigenvalue weighted by Crippen LogP contribution is 2.43. The van der Waals surface area contributed by atoms with Gasteiger partial charge in [-0.2, -0.15) is 13.2 Å². The second-order valence-corrected chi connectivity index (χ2v) is 8.04. The van der Waals surface area contributed by atoms with E-state index in [2.05, 4.69) is 20.0 Å². The molecule has 1 saturated heterocycles. The number of hydrogen-bond acceptors (Lipinski definition) is 8. The molecule has 0 aliphatic carbocycles. The molecule has 0 unspecified atom stereocenters. The standard InChI is InChI=1S/C22H27F3N4O4/c1-26-20-14-6-10-29(33-21(30)22(23,24)25)19(14)15-12-17(31-2)18(13-16(15)27-20)32-11-5-9-28-7-3-4-8-28/h12-13H,3-11H2,1-2H3,(H,26,27). The maximum atomic E-state index is 12.8. The first-order chi connectivity index (χ1) is 15.8. The average molecular weight is 468 g/mol. The predicted molar refractivity (Wildman–Crippen MR) is 117 cm³/mol. The zero-order chi connectivity index (χ0) is 23.6. The predicted octanol–water partition coefficient (Wildman–Crippen LogP) is 3.53. The number of nitrogens with zero attached hydrogens (tertiary/aromatic N) is 3. The van der Waals surface area contributed by atoms with Crippen molar-refractivity contribution in [2.75, 3.05) is 57.3 Å². The molecule has 0 amide bonds. The van der Waals surface area contributed by atoms with Crippen molar-refractivity contribution in [2.24, 2.45) is 0 Å². The minimum Gasteiger partial charge on any atom is -0.493 e. The van der Waals surface area contributed by atoms with E-state index in [4.69, 9.17) is 9.47 Å². The lowest BCUT2D eigenvalue weighted by molar-refractivity contribution is -0.201. The van der Waals surface area contributed by atoms with Gasteiger partial charge in [0.1, 0.15) is 5.82 Å². The van der Waals surface area contributed by atoms with Crippen LogP contribution in [0.3, 0.4) is 0 Å². The van der Waals surface area contributed by atoms with Gasteiger partial charge in [0.2, 0.25) is 0 Å². The number of carbonyl (C=O) groups excluding carboxylic acids is 1. The van der Waals surface area contributed by atoms with Crippen LogP contribution in [0.1, 0.15) is 24.8 Å². The van der Waals surface area contributed by atoms with Gasteiger partial charge in [-0.3, -0.25) is 0 Å². The number of hydroxylamine groups is 1. The summed E-state index contributed by atoms with van der Waals surface area (Å²) in [6.45, 7) is 3.79. The minimum atomic E-state index is -5.09. The van der Waals surface area contributed by atoms with Crippen molar-refractivity contribution in [3.05, 3.63) is 17.7 Å². The third kappa shape index (κ3) is 4.87. The van der Waals surface area contributed by atoms with Crippen molar-refractivity contribution in [3.63, 3.8) is 0 Å². The van der Waals surface area contributed by atoms with Crippen molar-refractivity contribution < 1.29 is 32.3 Å². The number of hydrogen-bond donors (Lipinski definition) is 1. The molecule has 2 aromatic rings. The number of benzene rings is 1. The van der Waals surface area contributed by atoms with Crippen molar-refractivity contribution >= 4 is 28.4 Å². The van der Waals surface area contributed by atoms with Gasteiger partial charge in [0, 0.05) is 30.6 Å². The van der Waals surface area contributed by atoms with E-state index in [1.165, 1.54) is 20.0 Å². The molecule has 0 spiro atoms. The summed E-state index contributed by atoms with van der Waals surface area (Å²) in [4.78, 5) is 23.2. The first-order valence-corrected chi connectivity index (χ1v) is 11.0. The Bertz CT molecular complexity index is 1030. The van der Waals surface area contributed by atoms with E-state index in [0.717, 1.165) is 31.1 Å². The Morgan fingerprint density at radius 2 is 1.94 bits per heavy atom. The summed E-state index contributed by atoms with van der Waals surface area (Å²) in [6.07, 6.45) is -1.39. The lowest BCUT2D eigenvalue weighted by atomic mass is 10.1. The molecule has 1 fully saturated rings. The summed E-state index contributed by atoms with van der Waals surface area (Å²) in [6, 6.07) is 3.36. The largest absolute Gasteiger partial charge is 0.493 e. The molecule has 0 bridgehead atoms. The van der Waals surface area contributed by atoms with Crippen LogP contribution >= 0.6 is 0 Å². The lowest BCUT2D eigenvalue weighted by Gasteiger charge is -2.22. The molecular weight excluding hydrogens is 441 g/mol. The highest BCUT2D eigenvalue weighted by atomic mass is 19.4. The van der Waals surface area contributed by atoms with Crippen LogP contribution in [0.15, 0.2) is 12.1 Å². The van der Waals surface area contributed by atoms with Crippen LogP contribution in [-0.2, 0) is 16.1 Å². The van der Waals surface area contributed by atoms with Gasteiger partial charge in [-0.1, -0.05) is 0 Å². The molecule has 0 saturated carbocycles. The summed E-state index contributed by atoms with van der Waals surface area (Å²) in [7, 11) is 3.17. The van der Waals surface area contributed by atoms with Crippen molar-refractivity contribution in [1.82, 2.24) is 9.88 Å². The Balaban J connectivity index is 1.62. The third-order valence-corrected chi connectivity index (χ3v) is 5.89. The minimum absolute atomic E-state index is 0.0870. The maximum absolute atomic E-state index is 12.8. The second kappa shape index (κ2) is 9.50. The Morgan fingerprint density at radius 3 is 2.61 bits per heavy atom. The molecule has 33 heavy (non-hydrogen) atoms. The average Bonchev–Trinajstić information content (AvgIpc) is 3.45. The number of halogens is 3. The summed E-state index contributed by atoms with van der Waals surface area (Å²) in [5.74, 6) is -0.832. The fourth-order valence-corrected chi connectivity index (χ4v) is 4.34. The van der Waals surface area contributed by atoms with Crippen LogP contribution in [0, 0.1) is 0 Å². The lowest BCUT2D eigenvalue weighted by Crippen LogP contribution is -2.34. The molecule has 180 valence electrons. The number of rotatable bonds is 8. The van der Waals surface area contributed by atoms with E-state index in [-0.39, 0.29) is 6.54 Å². The van der Waals surface area contributed by atoms with Crippen LogP contribution in [0.25, 0.3) is 10.9 Å². The van der Waals surface area contributed by atoms with Gasteiger partial charge in [0.05, 0.1) is 31.5 Å². The first kappa shape index (κ1) is 23.2. The van der Waals surface area contributed by atoms with E-state index in [1.54, 1.807) is 19.2 Å². The number of anilines is 2. The van der Waals surface area contributed by atoms with Gasteiger partial charge in [0.25, 0.3) is 0 Å². The SMILES string of the molecule is CNc1nc2cc(OCCCN3CCCC3)c(OC)cc2c2c1CCN2OC(=O)C(F)(F)F. The van der Waals surface area contributed by atoms with Crippen molar-refractivity contribution in [1.29, 1.82) is 0 Å². The molecule has 2 aliphatic rings. The molecule has 1 N–H and O–H groups in total. The number of alkyl halides is 3. The summed E-state index contributed by atoms with van der Waals surface area (Å²) in [5, 5.41) is 4.47. The quantitative estimate of drug-likeness (QED) is 0.590. The van der Waals surface area contributed by atoms with Gasteiger partial charge in [-0.15, -0.1) is 0 Å². The molecule has 8 nitrogen and oxygen atoms in total. The summed E-state index contributed by atoms with van der Waals surface area (Å²) < 4.78 is 49.8. The second-order valence-electron chi connectivity index (χ2n) is 8.04. The Kier molecular flexibility index (Phi) is 6.68. The highest BCUT2D eigenvalue weighted by Gasteiger charge is 2.44. The number of ether oxygens (including phenoxy) is 2. The van der Waals surface area contributed by atoms with Gasteiger partial charge >= 0.3 is 12.1 Å². The van der Waals surface area contributed by atoms with Gasteiger partial charge in [0.15, 0.2) is 11.5 Å². The smallest absolute Gasteiger partial charge is 0.493 e. The van der Waals surface area contributed by atoms with Crippen molar-refractivity contribution in [2.45, 2.75) is 31.9 Å². The van der Waals surface area contributed by atoms with E-state index in [0.29, 0.717) is 52.5 Å². The van der Waals surface area contributed by atoms with Gasteiger partial charge < -0.3 is 24.5 Å². The van der Waals surface area contributed by atoms with Crippen LogP contribution in [0.2, 0.25) is 0 Å². The molecule has 3 heterocycles. The molecule has 1 aromatic heterocycles. The monoisotopic (exact) mass is 468 g/mol. The molecule has 4 rings (SSSR count). The number of nitrogens with one attached hydrogen (secondary N) is 1. The molecular formula is C22H27F3N4O4. The fraction of sp³-hybridized carbons (Fsp3) is 0.545. The van der Waals surface area contributed by atoms with Gasteiger partial charge in [-0.05, 0) is 44.8 Å². The highest BCUT2D eigenvalue weighted by molar-refractivity contribution is 5.99. The van der Waals surface area contributed by atoms with E-state index < -0.39 is 12.1 Å². The zero-order valence-corrected chi connectivity index (χ0v) is 18.6. The van der Waals surface area contributed by atoms with Crippen LogP contribution in [-0.4, -0.2) is 69.0 Å².